The molecule has 1 rings (SSSR count). The molecule has 3 nitrogen and oxygen atoms in total. The summed E-state index contributed by atoms with van der Waals surface area (Å²) < 4.78 is 0. The van der Waals surface area contributed by atoms with E-state index in [1.165, 1.54) is 19.3 Å². The lowest BCUT2D eigenvalue weighted by Gasteiger charge is -2.35. The van der Waals surface area contributed by atoms with E-state index in [0.717, 1.165) is 32.1 Å². The van der Waals surface area contributed by atoms with Crippen molar-refractivity contribution < 1.29 is 4.79 Å². The van der Waals surface area contributed by atoms with Gasteiger partial charge in [-0.25, -0.2) is 0 Å². The molecular weight excluding hydrogens is 200 g/mol. The number of nitrogens with one attached hydrogen (secondary N) is 1. The van der Waals surface area contributed by atoms with Crippen molar-refractivity contribution in [2.45, 2.75) is 76.8 Å². The van der Waals surface area contributed by atoms with Crippen LogP contribution < -0.4 is 11.1 Å². The minimum absolute atomic E-state index is 0.000825. The lowest BCUT2D eigenvalue weighted by atomic mass is 9.83. The predicted octanol–water partition coefficient (Wildman–Crippen LogP) is 2.34. The maximum atomic E-state index is 11.9. The zero-order chi connectivity index (χ0) is 12.0. The summed E-state index contributed by atoms with van der Waals surface area (Å²) in [6.45, 7) is 4.27. The lowest BCUT2D eigenvalue weighted by molar-refractivity contribution is -0.124. The molecule has 1 amide bonds. The summed E-state index contributed by atoms with van der Waals surface area (Å²) in [6, 6.07) is -0.321. The second-order valence-corrected chi connectivity index (χ2v) is 5.36. The zero-order valence-corrected chi connectivity index (χ0v) is 10.7. The van der Waals surface area contributed by atoms with Gasteiger partial charge in [0.15, 0.2) is 0 Å². The number of unbranched alkanes of at least 4 members (excludes halogenated alkanes) is 1. The Morgan fingerprint density at radius 3 is 2.56 bits per heavy atom. The Labute approximate surface area is 99.2 Å². The molecule has 94 valence electrons. The van der Waals surface area contributed by atoms with E-state index in [0.29, 0.717) is 0 Å². The number of nitrogens with two attached hydrogens (primary N) is 1. The number of carbonyl (C=O) groups is 1. The van der Waals surface area contributed by atoms with Crippen LogP contribution in [-0.4, -0.2) is 17.5 Å². The van der Waals surface area contributed by atoms with Crippen molar-refractivity contribution in [3.63, 3.8) is 0 Å². The highest BCUT2D eigenvalue weighted by Crippen LogP contribution is 2.27. The molecular formula is C13H26N2O. The molecule has 0 spiro atoms. The van der Waals surface area contributed by atoms with Crippen molar-refractivity contribution in [2.24, 2.45) is 5.73 Å². The Bertz CT molecular complexity index is 222. The van der Waals surface area contributed by atoms with Crippen LogP contribution in [0.15, 0.2) is 0 Å². The van der Waals surface area contributed by atoms with Crippen molar-refractivity contribution in [2.75, 3.05) is 0 Å². The third kappa shape index (κ3) is 4.12. The highest BCUT2D eigenvalue weighted by atomic mass is 16.2. The third-order valence-electron chi connectivity index (χ3n) is 3.59. The summed E-state index contributed by atoms with van der Waals surface area (Å²) >= 11 is 0. The van der Waals surface area contributed by atoms with Gasteiger partial charge in [0.1, 0.15) is 0 Å². The Balaban J connectivity index is 2.36. The van der Waals surface area contributed by atoms with E-state index < -0.39 is 0 Å². The molecule has 0 aromatic rings. The average Bonchev–Trinajstić information content (AvgIpc) is 2.26. The monoisotopic (exact) mass is 226 g/mol. The van der Waals surface area contributed by atoms with Crippen LogP contribution in [0.3, 0.4) is 0 Å². The second-order valence-electron chi connectivity index (χ2n) is 5.36. The number of hydrogen-bond donors (Lipinski definition) is 2. The van der Waals surface area contributed by atoms with Gasteiger partial charge in [-0.2, -0.15) is 0 Å². The van der Waals surface area contributed by atoms with Gasteiger partial charge in [0.25, 0.3) is 0 Å². The number of amides is 1. The summed E-state index contributed by atoms with van der Waals surface area (Å²) in [5, 5.41) is 3.14. The molecule has 0 unspecified atom stereocenters. The van der Waals surface area contributed by atoms with Gasteiger partial charge < -0.3 is 11.1 Å². The van der Waals surface area contributed by atoms with Gasteiger partial charge in [-0.05, 0) is 26.2 Å². The minimum atomic E-state index is -0.321. The molecule has 0 saturated heterocycles. The van der Waals surface area contributed by atoms with Crippen molar-refractivity contribution in [3.05, 3.63) is 0 Å². The molecule has 0 aromatic heterocycles. The van der Waals surface area contributed by atoms with Crippen LogP contribution in [-0.2, 0) is 4.79 Å². The normalized spacial score (nSPS) is 21.4. The molecule has 0 bridgehead atoms. The standard InChI is InChI=1S/C13H26N2O/c1-3-4-8-11(14)12(16)15-13(2)9-6-5-7-10-13/h11H,3-10,14H2,1-2H3,(H,15,16)/t11-/m0/s1. The Morgan fingerprint density at radius 1 is 1.38 bits per heavy atom. The van der Waals surface area contributed by atoms with Crippen LogP contribution in [0, 0.1) is 0 Å². The van der Waals surface area contributed by atoms with Gasteiger partial charge in [0, 0.05) is 5.54 Å². The minimum Gasteiger partial charge on any atom is -0.350 e. The first-order valence-corrected chi connectivity index (χ1v) is 6.65. The van der Waals surface area contributed by atoms with Crippen molar-refractivity contribution in [3.8, 4) is 0 Å². The molecule has 3 heteroatoms. The summed E-state index contributed by atoms with van der Waals surface area (Å²) in [5.74, 6) is 0.0397. The maximum Gasteiger partial charge on any atom is 0.237 e. The van der Waals surface area contributed by atoms with Crippen LogP contribution in [0.5, 0.6) is 0 Å². The maximum absolute atomic E-state index is 11.9. The lowest BCUT2D eigenvalue weighted by Crippen LogP contribution is -2.52. The Morgan fingerprint density at radius 2 is 2.00 bits per heavy atom. The van der Waals surface area contributed by atoms with Gasteiger partial charge in [-0.3, -0.25) is 4.79 Å². The molecule has 0 radical (unpaired) electrons. The van der Waals surface area contributed by atoms with Gasteiger partial charge in [-0.1, -0.05) is 39.0 Å². The van der Waals surface area contributed by atoms with Crippen LogP contribution in [0.2, 0.25) is 0 Å². The van der Waals surface area contributed by atoms with Crippen LogP contribution in [0.1, 0.15) is 65.2 Å². The summed E-state index contributed by atoms with van der Waals surface area (Å²) in [5.41, 5.74) is 5.87. The van der Waals surface area contributed by atoms with Gasteiger partial charge in [-0.15, -0.1) is 0 Å². The predicted molar refractivity (Wildman–Crippen MR) is 67.1 cm³/mol. The fourth-order valence-corrected chi connectivity index (χ4v) is 2.40. The summed E-state index contributed by atoms with van der Waals surface area (Å²) in [6.07, 6.45) is 8.87. The van der Waals surface area contributed by atoms with E-state index in [2.05, 4.69) is 19.2 Å². The summed E-state index contributed by atoms with van der Waals surface area (Å²) in [4.78, 5) is 11.9. The molecule has 1 aliphatic rings. The highest BCUT2D eigenvalue weighted by molar-refractivity contribution is 5.82. The largest absolute Gasteiger partial charge is 0.350 e. The summed E-state index contributed by atoms with van der Waals surface area (Å²) in [7, 11) is 0. The first kappa shape index (κ1) is 13.5. The van der Waals surface area contributed by atoms with E-state index >= 15 is 0 Å². The fraction of sp³-hybridized carbons (Fsp3) is 0.923. The van der Waals surface area contributed by atoms with E-state index in [1.807, 2.05) is 0 Å². The van der Waals surface area contributed by atoms with Gasteiger partial charge in [0.05, 0.1) is 6.04 Å². The van der Waals surface area contributed by atoms with E-state index in [1.54, 1.807) is 0 Å². The van der Waals surface area contributed by atoms with Crippen molar-refractivity contribution >= 4 is 5.91 Å². The Hall–Kier alpha value is -0.570. The third-order valence-corrected chi connectivity index (χ3v) is 3.59. The molecule has 3 N–H and O–H groups in total. The SMILES string of the molecule is CCCC[C@H](N)C(=O)NC1(C)CCCCC1. The van der Waals surface area contributed by atoms with E-state index in [4.69, 9.17) is 5.73 Å². The molecule has 16 heavy (non-hydrogen) atoms. The van der Waals surface area contributed by atoms with Crippen molar-refractivity contribution in [1.82, 2.24) is 5.32 Å². The molecule has 0 heterocycles. The molecule has 0 aromatic carbocycles. The molecule has 1 atom stereocenters. The highest BCUT2D eigenvalue weighted by Gasteiger charge is 2.29. The van der Waals surface area contributed by atoms with Crippen molar-refractivity contribution in [1.29, 1.82) is 0 Å². The van der Waals surface area contributed by atoms with Gasteiger partial charge in [0.2, 0.25) is 5.91 Å². The second kappa shape index (κ2) is 6.24. The molecule has 0 aliphatic heterocycles. The first-order chi connectivity index (χ1) is 7.57. The topological polar surface area (TPSA) is 55.1 Å². The number of hydrogen-bond acceptors (Lipinski definition) is 2. The number of rotatable bonds is 5. The molecule has 1 saturated carbocycles. The van der Waals surface area contributed by atoms with Gasteiger partial charge >= 0.3 is 0 Å². The van der Waals surface area contributed by atoms with E-state index in [9.17, 15) is 4.79 Å². The van der Waals surface area contributed by atoms with E-state index in [-0.39, 0.29) is 17.5 Å². The molecule has 1 aliphatic carbocycles. The average molecular weight is 226 g/mol. The van der Waals surface area contributed by atoms with Crippen LogP contribution >= 0.6 is 0 Å². The smallest absolute Gasteiger partial charge is 0.237 e. The quantitative estimate of drug-likeness (QED) is 0.756. The number of carbonyl (C=O) groups excluding carboxylic acids is 1. The Kier molecular flexibility index (Phi) is 5.26. The first-order valence-electron chi connectivity index (χ1n) is 6.65. The van der Waals surface area contributed by atoms with Crippen LogP contribution in [0.4, 0.5) is 0 Å². The molecule has 1 fully saturated rings. The fourth-order valence-electron chi connectivity index (χ4n) is 2.40. The van der Waals surface area contributed by atoms with Crippen LogP contribution in [0.25, 0.3) is 0 Å². The zero-order valence-electron chi connectivity index (χ0n) is 10.7.